The van der Waals surface area contributed by atoms with E-state index in [1.807, 2.05) is 19.0 Å². The van der Waals surface area contributed by atoms with E-state index < -0.39 is 0 Å². The van der Waals surface area contributed by atoms with Gasteiger partial charge in [0.15, 0.2) is 0 Å². The Morgan fingerprint density at radius 3 is 2.41 bits per heavy atom. The molecule has 17 heavy (non-hydrogen) atoms. The molecular weight excluding hydrogens is 236 g/mol. The Hall–Kier alpha value is -1.24. The Morgan fingerprint density at radius 1 is 1.24 bits per heavy atom. The molecule has 0 aliphatic rings. The fourth-order valence-corrected chi connectivity index (χ4v) is 1.84. The minimum Gasteiger partial charge on any atom is -0.357 e. The summed E-state index contributed by atoms with van der Waals surface area (Å²) in [5, 5.41) is 6.20. The van der Waals surface area contributed by atoms with Crippen molar-refractivity contribution in [3.05, 3.63) is 0 Å². The van der Waals surface area contributed by atoms with E-state index in [0.29, 0.717) is 23.9 Å². The normalized spacial score (nSPS) is 12.1. The van der Waals surface area contributed by atoms with Crippen molar-refractivity contribution in [2.45, 2.75) is 13.0 Å². The van der Waals surface area contributed by atoms with Crippen LogP contribution in [0.1, 0.15) is 6.92 Å². The molecule has 0 aromatic carbocycles. The third kappa shape index (κ3) is 4.26. The van der Waals surface area contributed by atoms with Crippen LogP contribution in [0.15, 0.2) is 0 Å². The van der Waals surface area contributed by atoms with Crippen molar-refractivity contribution in [2.24, 2.45) is 0 Å². The summed E-state index contributed by atoms with van der Waals surface area (Å²) in [6.07, 6.45) is 2.08. The maximum atomic E-state index is 4.35. The van der Waals surface area contributed by atoms with Crippen LogP contribution in [0.3, 0.4) is 0 Å². The number of anilines is 3. The smallest absolute Gasteiger partial charge is 0.231 e. The molecule has 1 rings (SSSR count). The highest BCUT2D eigenvalue weighted by molar-refractivity contribution is 7.98. The Morgan fingerprint density at radius 2 is 1.88 bits per heavy atom. The average Bonchev–Trinajstić information content (AvgIpc) is 2.28. The van der Waals surface area contributed by atoms with E-state index in [0.717, 1.165) is 5.75 Å². The third-order valence-electron chi connectivity index (χ3n) is 2.04. The van der Waals surface area contributed by atoms with E-state index in [2.05, 4.69) is 38.8 Å². The zero-order valence-electron chi connectivity index (χ0n) is 11.0. The summed E-state index contributed by atoms with van der Waals surface area (Å²) in [7, 11) is 5.61. The lowest BCUT2D eigenvalue weighted by Crippen LogP contribution is -2.22. The second kappa shape index (κ2) is 6.48. The van der Waals surface area contributed by atoms with E-state index in [1.165, 1.54) is 0 Å². The van der Waals surface area contributed by atoms with Gasteiger partial charge in [0.05, 0.1) is 0 Å². The van der Waals surface area contributed by atoms with Crippen LogP contribution in [0, 0.1) is 0 Å². The lowest BCUT2D eigenvalue weighted by molar-refractivity contribution is 0.870. The van der Waals surface area contributed by atoms with Crippen LogP contribution in [0.4, 0.5) is 17.8 Å². The van der Waals surface area contributed by atoms with Crippen molar-refractivity contribution in [3.63, 3.8) is 0 Å². The van der Waals surface area contributed by atoms with Gasteiger partial charge in [0.2, 0.25) is 17.8 Å². The van der Waals surface area contributed by atoms with Crippen molar-refractivity contribution in [1.29, 1.82) is 0 Å². The molecule has 0 aliphatic heterocycles. The maximum absolute atomic E-state index is 4.35. The fraction of sp³-hybridized carbons (Fsp3) is 0.700. The summed E-state index contributed by atoms with van der Waals surface area (Å²) in [6.45, 7) is 2.11. The van der Waals surface area contributed by atoms with Crippen molar-refractivity contribution >= 4 is 29.6 Å². The molecule has 6 nitrogen and oxygen atoms in total. The Labute approximate surface area is 107 Å². The molecule has 0 bridgehead atoms. The van der Waals surface area contributed by atoms with Gasteiger partial charge >= 0.3 is 0 Å². The number of thioether (sulfide) groups is 1. The first-order valence-corrected chi connectivity index (χ1v) is 6.82. The molecular formula is C10H20N6S. The summed E-state index contributed by atoms with van der Waals surface area (Å²) in [5.74, 6) is 2.83. The quantitative estimate of drug-likeness (QED) is 0.791. The van der Waals surface area contributed by atoms with Crippen LogP contribution in [0.5, 0.6) is 0 Å². The minimum atomic E-state index is 0.326. The predicted octanol–water partition coefficient (Wildman–Crippen LogP) is 1.14. The molecule has 7 heteroatoms. The predicted molar refractivity (Wildman–Crippen MR) is 75.2 cm³/mol. The highest BCUT2D eigenvalue weighted by Gasteiger charge is 2.09. The van der Waals surface area contributed by atoms with E-state index in [-0.39, 0.29) is 0 Å². The van der Waals surface area contributed by atoms with E-state index in [4.69, 9.17) is 0 Å². The number of rotatable bonds is 6. The largest absolute Gasteiger partial charge is 0.357 e. The second-order valence-electron chi connectivity index (χ2n) is 3.93. The lowest BCUT2D eigenvalue weighted by Gasteiger charge is -2.16. The molecule has 96 valence electrons. The van der Waals surface area contributed by atoms with Crippen molar-refractivity contribution in [3.8, 4) is 0 Å². The number of nitrogens with zero attached hydrogens (tertiary/aromatic N) is 4. The first kappa shape index (κ1) is 13.8. The summed E-state index contributed by atoms with van der Waals surface area (Å²) in [5.41, 5.74) is 0. The highest BCUT2D eigenvalue weighted by atomic mass is 32.2. The number of hydrogen-bond acceptors (Lipinski definition) is 7. The summed E-state index contributed by atoms with van der Waals surface area (Å²) >= 11 is 1.79. The fourth-order valence-electron chi connectivity index (χ4n) is 1.25. The molecule has 0 saturated carbocycles. The molecule has 1 heterocycles. The number of aromatic nitrogens is 3. The molecule has 1 aromatic rings. The molecule has 0 aliphatic carbocycles. The van der Waals surface area contributed by atoms with Crippen molar-refractivity contribution in [1.82, 2.24) is 15.0 Å². The van der Waals surface area contributed by atoms with Crippen LogP contribution < -0.4 is 15.5 Å². The standard InChI is InChI=1S/C10H20N6S/c1-7(6-17-5)12-9-13-8(11-2)14-10(15-9)16(3)4/h7H,6H2,1-5H3,(H2,11,12,13,14,15). The Bertz CT molecular complexity index is 357. The average molecular weight is 256 g/mol. The SMILES string of the molecule is CNc1nc(NC(C)CSC)nc(N(C)C)n1. The van der Waals surface area contributed by atoms with Crippen molar-refractivity contribution < 1.29 is 0 Å². The van der Waals surface area contributed by atoms with Crippen LogP contribution in [-0.2, 0) is 0 Å². The van der Waals surface area contributed by atoms with Crippen LogP contribution in [0.25, 0.3) is 0 Å². The Kier molecular flexibility index (Phi) is 5.27. The van der Waals surface area contributed by atoms with Gasteiger partial charge in [0.25, 0.3) is 0 Å². The molecule has 1 atom stereocenters. The first-order valence-electron chi connectivity index (χ1n) is 5.43. The molecule has 1 aromatic heterocycles. The molecule has 0 amide bonds. The van der Waals surface area contributed by atoms with Gasteiger partial charge in [-0.3, -0.25) is 0 Å². The highest BCUT2D eigenvalue weighted by Crippen LogP contribution is 2.12. The minimum absolute atomic E-state index is 0.326. The van der Waals surface area contributed by atoms with Gasteiger partial charge < -0.3 is 15.5 Å². The Balaban J connectivity index is 2.87. The zero-order chi connectivity index (χ0) is 12.8. The topological polar surface area (TPSA) is 66.0 Å². The lowest BCUT2D eigenvalue weighted by atomic mass is 10.4. The summed E-state index contributed by atoms with van der Waals surface area (Å²) in [6, 6.07) is 0.326. The van der Waals surface area contributed by atoms with E-state index in [1.54, 1.807) is 18.8 Å². The molecule has 0 radical (unpaired) electrons. The summed E-state index contributed by atoms with van der Waals surface area (Å²) in [4.78, 5) is 14.7. The van der Waals surface area contributed by atoms with E-state index >= 15 is 0 Å². The van der Waals surface area contributed by atoms with Gasteiger partial charge in [-0.2, -0.15) is 26.7 Å². The van der Waals surface area contributed by atoms with Gasteiger partial charge in [-0.15, -0.1) is 0 Å². The van der Waals surface area contributed by atoms with Gasteiger partial charge in [-0.05, 0) is 13.2 Å². The second-order valence-corrected chi connectivity index (χ2v) is 4.84. The molecule has 1 unspecified atom stereocenters. The maximum Gasteiger partial charge on any atom is 0.231 e. The molecule has 0 spiro atoms. The molecule has 0 saturated heterocycles. The zero-order valence-corrected chi connectivity index (χ0v) is 11.8. The number of hydrogen-bond donors (Lipinski definition) is 2. The molecule has 0 fully saturated rings. The van der Waals surface area contributed by atoms with Gasteiger partial charge in [-0.1, -0.05) is 0 Å². The van der Waals surface area contributed by atoms with Crippen LogP contribution in [-0.4, -0.2) is 54.1 Å². The van der Waals surface area contributed by atoms with E-state index in [9.17, 15) is 0 Å². The monoisotopic (exact) mass is 256 g/mol. The number of nitrogens with one attached hydrogen (secondary N) is 2. The summed E-state index contributed by atoms with van der Waals surface area (Å²) < 4.78 is 0. The van der Waals surface area contributed by atoms with Gasteiger partial charge in [-0.25, -0.2) is 0 Å². The third-order valence-corrected chi connectivity index (χ3v) is 2.87. The van der Waals surface area contributed by atoms with Gasteiger partial charge in [0.1, 0.15) is 0 Å². The first-order chi connectivity index (χ1) is 8.06. The van der Waals surface area contributed by atoms with Gasteiger partial charge in [0, 0.05) is 32.9 Å². The van der Waals surface area contributed by atoms with Crippen LogP contribution >= 0.6 is 11.8 Å². The van der Waals surface area contributed by atoms with Crippen molar-refractivity contribution in [2.75, 3.05) is 48.7 Å². The van der Waals surface area contributed by atoms with Crippen LogP contribution in [0.2, 0.25) is 0 Å². The molecule has 2 N–H and O–H groups in total.